The molecule has 1 N–H and O–H groups in total. The van der Waals surface area contributed by atoms with Crippen molar-refractivity contribution >= 4 is 31.9 Å². The van der Waals surface area contributed by atoms with Crippen LogP contribution in [0.4, 0.5) is 4.39 Å². The summed E-state index contributed by atoms with van der Waals surface area (Å²) in [4.78, 5) is 0. The Hall–Kier alpha value is -0.850. The summed E-state index contributed by atoms with van der Waals surface area (Å²) in [6, 6.07) is 5.55. The quantitative estimate of drug-likeness (QED) is 0.875. The van der Waals surface area contributed by atoms with Gasteiger partial charge in [-0.05, 0) is 56.1 Å². The van der Waals surface area contributed by atoms with Crippen LogP contribution >= 0.6 is 31.9 Å². The first-order valence-corrected chi connectivity index (χ1v) is 6.57. The molecule has 1 aromatic heterocycles. The van der Waals surface area contributed by atoms with E-state index in [1.807, 2.05) is 0 Å². The van der Waals surface area contributed by atoms with Crippen LogP contribution in [0.2, 0.25) is 0 Å². The van der Waals surface area contributed by atoms with Crippen LogP contribution in [0, 0.1) is 5.82 Å². The highest BCUT2D eigenvalue weighted by molar-refractivity contribution is 9.13. The molecule has 0 aliphatic heterocycles. The summed E-state index contributed by atoms with van der Waals surface area (Å²) in [5, 5.41) is 10.2. The lowest BCUT2D eigenvalue weighted by atomic mass is 10.1. The highest BCUT2D eigenvalue weighted by Crippen LogP contribution is 2.35. The molecular formula is C12H9Br2FO3. The molecule has 2 aromatic rings. The summed E-state index contributed by atoms with van der Waals surface area (Å²) >= 11 is 6.43. The average Bonchev–Trinajstić information content (AvgIpc) is 2.68. The fourth-order valence-corrected chi connectivity index (χ4v) is 2.18. The van der Waals surface area contributed by atoms with E-state index < -0.39 is 11.9 Å². The molecule has 1 unspecified atom stereocenters. The highest BCUT2D eigenvalue weighted by atomic mass is 79.9. The summed E-state index contributed by atoms with van der Waals surface area (Å²) in [6.45, 7) is 0. The lowest BCUT2D eigenvalue weighted by Gasteiger charge is -2.12. The predicted molar refractivity (Wildman–Crippen MR) is 71.1 cm³/mol. The molecule has 1 atom stereocenters. The lowest BCUT2D eigenvalue weighted by Crippen LogP contribution is -2.02. The normalized spacial score (nSPS) is 12.5. The molecule has 0 aliphatic carbocycles. The molecule has 0 saturated heterocycles. The van der Waals surface area contributed by atoms with Crippen molar-refractivity contribution < 1.29 is 18.7 Å². The second-order valence-corrected chi connectivity index (χ2v) is 5.13. The molecule has 6 heteroatoms. The van der Waals surface area contributed by atoms with Gasteiger partial charge in [0.05, 0.1) is 11.6 Å². The lowest BCUT2D eigenvalue weighted by molar-refractivity contribution is 0.183. The molecule has 0 radical (unpaired) electrons. The summed E-state index contributed by atoms with van der Waals surface area (Å²) in [5.74, 6) is 0.236. The molecule has 0 bridgehead atoms. The zero-order chi connectivity index (χ0) is 13.3. The van der Waals surface area contributed by atoms with Crippen LogP contribution in [0.15, 0.2) is 37.8 Å². The smallest absolute Gasteiger partial charge is 0.183 e. The molecular weight excluding hydrogens is 371 g/mol. The third kappa shape index (κ3) is 2.60. The summed E-state index contributed by atoms with van der Waals surface area (Å²) in [6.07, 6.45) is -1.10. The Balaban J connectivity index is 2.44. The minimum absolute atomic E-state index is 0.289. The largest absolute Gasteiger partial charge is 0.496 e. The first-order chi connectivity index (χ1) is 8.52. The van der Waals surface area contributed by atoms with Crippen LogP contribution in [-0.2, 0) is 0 Å². The van der Waals surface area contributed by atoms with Crippen LogP contribution in [-0.4, -0.2) is 12.2 Å². The Kier molecular flexibility index (Phi) is 4.09. The zero-order valence-electron chi connectivity index (χ0n) is 9.28. The number of halogens is 3. The number of aliphatic hydroxyl groups excluding tert-OH is 1. The van der Waals surface area contributed by atoms with Crippen LogP contribution in [0.5, 0.6) is 5.75 Å². The van der Waals surface area contributed by atoms with Crippen LogP contribution in [0.3, 0.4) is 0 Å². The molecule has 18 heavy (non-hydrogen) atoms. The van der Waals surface area contributed by atoms with Crippen molar-refractivity contribution in [2.45, 2.75) is 6.10 Å². The Morgan fingerprint density at radius 1 is 1.33 bits per heavy atom. The van der Waals surface area contributed by atoms with Crippen molar-refractivity contribution in [1.29, 1.82) is 0 Å². The number of hydrogen-bond donors (Lipinski definition) is 1. The molecule has 0 spiro atoms. The monoisotopic (exact) mass is 378 g/mol. The topological polar surface area (TPSA) is 42.6 Å². The molecule has 3 nitrogen and oxygen atoms in total. The van der Waals surface area contributed by atoms with E-state index in [1.54, 1.807) is 6.07 Å². The minimum Gasteiger partial charge on any atom is -0.496 e. The molecule has 1 aromatic carbocycles. The zero-order valence-corrected chi connectivity index (χ0v) is 12.5. The van der Waals surface area contributed by atoms with Crippen LogP contribution in [0.1, 0.15) is 17.4 Å². The van der Waals surface area contributed by atoms with E-state index in [0.29, 0.717) is 20.5 Å². The fraction of sp³-hybridized carbons (Fsp3) is 0.167. The van der Waals surface area contributed by atoms with E-state index in [2.05, 4.69) is 31.9 Å². The van der Waals surface area contributed by atoms with Gasteiger partial charge in [0.15, 0.2) is 4.67 Å². The van der Waals surface area contributed by atoms with E-state index >= 15 is 0 Å². The maximum Gasteiger partial charge on any atom is 0.183 e. The van der Waals surface area contributed by atoms with Crippen LogP contribution in [0.25, 0.3) is 0 Å². The Morgan fingerprint density at radius 2 is 2.06 bits per heavy atom. The van der Waals surface area contributed by atoms with Gasteiger partial charge in [-0.15, -0.1) is 0 Å². The highest BCUT2D eigenvalue weighted by Gasteiger charge is 2.21. The first kappa shape index (κ1) is 13.6. The Bertz CT molecular complexity index is 549. The van der Waals surface area contributed by atoms with Crippen molar-refractivity contribution in [3.63, 3.8) is 0 Å². The van der Waals surface area contributed by atoms with Gasteiger partial charge in [0, 0.05) is 5.56 Å². The maximum absolute atomic E-state index is 13.2. The summed E-state index contributed by atoms with van der Waals surface area (Å²) in [5.41, 5.74) is 0.311. The maximum atomic E-state index is 13.2. The number of rotatable bonds is 3. The number of ether oxygens (including phenoxy) is 1. The van der Waals surface area contributed by atoms with E-state index in [1.165, 1.54) is 25.3 Å². The number of benzene rings is 1. The standard InChI is InChI=1S/C12H9Br2FO3/c1-17-9-3-2-6(15)4-7(9)11(16)10-5-8(13)12(14)18-10/h2-5,11,16H,1H3. The van der Waals surface area contributed by atoms with Gasteiger partial charge in [-0.25, -0.2) is 4.39 Å². The molecule has 1 heterocycles. The van der Waals surface area contributed by atoms with Gasteiger partial charge in [0.25, 0.3) is 0 Å². The molecule has 0 saturated carbocycles. The Morgan fingerprint density at radius 3 is 2.61 bits per heavy atom. The van der Waals surface area contributed by atoms with E-state index in [-0.39, 0.29) is 5.76 Å². The van der Waals surface area contributed by atoms with Crippen molar-refractivity contribution in [2.24, 2.45) is 0 Å². The molecule has 2 rings (SSSR count). The van der Waals surface area contributed by atoms with Crippen molar-refractivity contribution in [2.75, 3.05) is 7.11 Å². The molecule has 0 fully saturated rings. The third-order valence-corrected chi connectivity index (χ3v) is 4.13. The van der Waals surface area contributed by atoms with E-state index in [0.717, 1.165) is 0 Å². The van der Waals surface area contributed by atoms with Crippen molar-refractivity contribution in [1.82, 2.24) is 0 Å². The van der Waals surface area contributed by atoms with Crippen LogP contribution < -0.4 is 4.74 Å². The number of hydrogen-bond acceptors (Lipinski definition) is 3. The van der Waals surface area contributed by atoms with Gasteiger partial charge in [-0.2, -0.15) is 0 Å². The average molecular weight is 380 g/mol. The second-order valence-electron chi connectivity index (χ2n) is 3.56. The molecule has 0 amide bonds. The van der Waals surface area contributed by atoms with Gasteiger partial charge in [0.2, 0.25) is 0 Å². The van der Waals surface area contributed by atoms with E-state index in [9.17, 15) is 9.50 Å². The number of aliphatic hydroxyl groups is 1. The van der Waals surface area contributed by atoms with E-state index in [4.69, 9.17) is 9.15 Å². The van der Waals surface area contributed by atoms with Gasteiger partial charge < -0.3 is 14.3 Å². The molecule has 96 valence electrons. The summed E-state index contributed by atoms with van der Waals surface area (Å²) < 4.78 is 24.8. The van der Waals surface area contributed by atoms with Gasteiger partial charge >= 0.3 is 0 Å². The summed E-state index contributed by atoms with van der Waals surface area (Å²) in [7, 11) is 1.46. The number of furan rings is 1. The Labute approximate surface area is 120 Å². The van der Waals surface area contributed by atoms with Crippen molar-refractivity contribution in [3.05, 3.63) is 50.5 Å². The second kappa shape index (κ2) is 5.42. The van der Waals surface area contributed by atoms with Gasteiger partial charge in [0.1, 0.15) is 23.4 Å². The minimum atomic E-state index is -1.10. The predicted octanol–water partition coefficient (Wildman–Crippen LogP) is 4.03. The SMILES string of the molecule is COc1ccc(F)cc1C(O)c1cc(Br)c(Br)o1. The molecule has 0 aliphatic rings. The first-order valence-electron chi connectivity index (χ1n) is 4.99. The van der Waals surface area contributed by atoms with Gasteiger partial charge in [-0.1, -0.05) is 0 Å². The fourth-order valence-electron chi connectivity index (χ4n) is 1.57. The number of methoxy groups -OCH3 is 1. The van der Waals surface area contributed by atoms with Gasteiger partial charge in [-0.3, -0.25) is 0 Å². The third-order valence-electron chi connectivity index (χ3n) is 2.42. The van der Waals surface area contributed by atoms with Crippen molar-refractivity contribution in [3.8, 4) is 5.75 Å².